The van der Waals surface area contributed by atoms with E-state index in [9.17, 15) is 14.7 Å². The molecule has 0 saturated carbocycles. The number of hydrogen-bond acceptors (Lipinski definition) is 7. The van der Waals surface area contributed by atoms with E-state index < -0.39 is 24.1 Å². The SMILES string of the molecule is COCCOC(=O)Nc1nc(=O)n(C2CC(O)C(C)O2)cc1I. The van der Waals surface area contributed by atoms with Gasteiger partial charge in [-0.1, -0.05) is 0 Å². The van der Waals surface area contributed by atoms with Crippen molar-refractivity contribution in [3.05, 3.63) is 20.3 Å². The number of aromatic nitrogens is 2. The fourth-order valence-corrected chi connectivity index (χ4v) is 2.62. The van der Waals surface area contributed by atoms with Gasteiger partial charge in [0, 0.05) is 19.7 Å². The van der Waals surface area contributed by atoms with Crippen molar-refractivity contribution < 1.29 is 24.1 Å². The second-order valence-corrected chi connectivity index (χ2v) is 6.14. The van der Waals surface area contributed by atoms with Gasteiger partial charge in [0.05, 0.1) is 22.4 Å². The van der Waals surface area contributed by atoms with Crippen molar-refractivity contribution in [3.8, 4) is 0 Å². The molecule has 0 aliphatic carbocycles. The van der Waals surface area contributed by atoms with Gasteiger partial charge in [-0.3, -0.25) is 9.88 Å². The summed E-state index contributed by atoms with van der Waals surface area (Å²) >= 11 is 1.94. The molecule has 2 N–H and O–H groups in total. The van der Waals surface area contributed by atoms with E-state index >= 15 is 0 Å². The number of amides is 1. The maximum absolute atomic E-state index is 12.1. The highest BCUT2D eigenvalue weighted by molar-refractivity contribution is 14.1. The Balaban J connectivity index is 2.08. The highest BCUT2D eigenvalue weighted by Gasteiger charge is 2.32. The molecule has 3 atom stereocenters. The van der Waals surface area contributed by atoms with Crippen molar-refractivity contribution in [2.24, 2.45) is 0 Å². The van der Waals surface area contributed by atoms with E-state index in [1.54, 1.807) is 6.92 Å². The van der Waals surface area contributed by atoms with Crippen LogP contribution in [-0.2, 0) is 14.2 Å². The Morgan fingerprint density at radius 3 is 2.96 bits per heavy atom. The molecule has 23 heavy (non-hydrogen) atoms. The Labute approximate surface area is 146 Å². The Morgan fingerprint density at radius 1 is 1.61 bits per heavy atom. The van der Waals surface area contributed by atoms with E-state index in [0.29, 0.717) is 9.99 Å². The van der Waals surface area contributed by atoms with Crippen LogP contribution >= 0.6 is 22.6 Å². The molecule has 2 heterocycles. The zero-order valence-corrected chi connectivity index (χ0v) is 14.8. The van der Waals surface area contributed by atoms with Crippen molar-refractivity contribution in [1.29, 1.82) is 0 Å². The molecule has 9 nitrogen and oxygen atoms in total. The molecule has 1 fully saturated rings. The normalized spacial score (nSPS) is 23.7. The van der Waals surface area contributed by atoms with Crippen LogP contribution in [0.4, 0.5) is 10.6 Å². The molecule has 10 heteroatoms. The molecule has 3 unspecified atom stereocenters. The number of methoxy groups -OCH3 is 1. The lowest BCUT2D eigenvalue weighted by atomic mass is 10.2. The summed E-state index contributed by atoms with van der Waals surface area (Å²) in [7, 11) is 1.49. The monoisotopic (exact) mass is 439 g/mol. The third kappa shape index (κ3) is 4.62. The van der Waals surface area contributed by atoms with Crippen LogP contribution in [0.15, 0.2) is 11.0 Å². The lowest BCUT2D eigenvalue weighted by Crippen LogP contribution is -2.29. The van der Waals surface area contributed by atoms with Crippen LogP contribution in [0, 0.1) is 3.57 Å². The third-order valence-corrected chi connectivity index (χ3v) is 4.10. The van der Waals surface area contributed by atoms with Gasteiger partial charge in [-0.15, -0.1) is 0 Å². The fraction of sp³-hybridized carbons (Fsp3) is 0.615. The molecular formula is C13H18IN3O6. The number of halogens is 1. The summed E-state index contributed by atoms with van der Waals surface area (Å²) in [5.41, 5.74) is -0.580. The van der Waals surface area contributed by atoms with Crippen LogP contribution in [0.5, 0.6) is 0 Å². The number of rotatable bonds is 5. The molecule has 1 amide bonds. The number of carbonyl (C=O) groups excluding carboxylic acids is 1. The number of nitrogens with one attached hydrogen (secondary N) is 1. The first-order chi connectivity index (χ1) is 10.9. The van der Waals surface area contributed by atoms with Crippen LogP contribution in [0.25, 0.3) is 0 Å². The van der Waals surface area contributed by atoms with Gasteiger partial charge >= 0.3 is 11.8 Å². The summed E-state index contributed by atoms with van der Waals surface area (Å²) < 4.78 is 17.0. The second kappa shape index (κ2) is 8.04. The van der Waals surface area contributed by atoms with Crippen molar-refractivity contribution in [3.63, 3.8) is 0 Å². The van der Waals surface area contributed by atoms with Crippen molar-refractivity contribution in [2.75, 3.05) is 25.6 Å². The minimum absolute atomic E-state index is 0.0989. The minimum atomic E-state index is -0.717. The highest BCUT2D eigenvalue weighted by atomic mass is 127. The molecule has 1 aliphatic heterocycles. The number of ether oxygens (including phenoxy) is 3. The second-order valence-electron chi connectivity index (χ2n) is 4.98. The summed E-state index contributed by atoms with van der Waals surface area (Å²) in [5.74, 6) is 0.112. The molecule has 0 spiro atoms. The van der Waals surface area contributed by atoms with Gasteiger partial charge in [0.25, 0.3) is 0 Å². The molecular weight excluding hydrogens is 421 g/mol. The summed E-state index contributed by atoms with van der Waals surface area (Å²) in [6, 6.07) is 0. The molecule has 1 aliphatic rings. The maximum atomic E-state index is 12.1. The highest BCUT2D eigenvalue weighted by Crippen LogP contribution is 2.28. The Morgan fingerprint density at radius 2 is 2.35 bits per heavy atom. The van der Waals surface area contributed by atoms with E-state index in [0.717, 1.165) is 0 Å². The van der Waals surface area contributed by atoms with Gasteiger partial charge in [-0.2, -0.15) is 4.98 Å². The number of aliphatic hydroxyl groups excluding tert-OH is 1. The fourth-order valence-electron chi connectivity index (χ4n) is 2.06. The minimum Gasteiger partial charge on any atom is -0.447 e. The molecule has 1 saturated heterocycles. The van der Waals surface area contributed by atoms with Gasteiger partial charge in [0.1, 0.15) is 12.8 Å². The van der Waals surface area contributed by atoms with Gasteiger partial charge in [0.15, 0.2) is 5.82 Å². The molecule has 0 radical (unpaired) electrons. The van der Waals surface area contributed by atoms with Crippen molar-refractivity contribution in [2.45, 2.75) is 31.8 Å². The number of aliphatic hydroxyl groups is 1. The van der Waals surface area contributed by atoms with Crippen LogP contribution in [0.1, 0.15) is 19.6 Å². The summed E-state index contributed by atoms with van der Waals surface area (Å²) in [6.45, 7) is 2.11. The van der Waals surface area contributed by atoms with Gasteiger partial charge in [-0.05, 0) is 29.5 Å². The van der Waals surface area contributed by atoms with E-state index in [1.807, 2.05) is 22.6 Å². The number of anilines is 1. The topological polar surface area (TPSA) is 112 Å². The molecule has 0 bridgehead atoms. The molecule has 1 aromatic heterocycles. The van der Waals surface area contributed by atoms with Crippen LogP contribution in [0.3, 0.4) is 0 Å². The number of carbonyl (C=O) groups is 1. The molecule has 2 rings (SSSR count). The van der Waals surface area contributed by atoms with E-state index in [1.165, 1.54) is 17.9 Å². The van der Waals surface area contributed by atoms with Crippen molar-refractivity contribution >= 4 is 34.5 Å². The quantitative estimate of drug-likeness (QED) is 0.514. The van der Waals surface area contributed by atoms with E-state index in [-0.39, 0.29) is 25.1 Å². The van der Waals surface area contributed by atoms with Gasteiger partial charge < -0.3 is 19.3 Å². The van der Waals surface area contributed by atoms with Gasteiger partial charge in [0.2, 0.25) is 0 Å². The first-order valence-corrected chi connectivity index (χ1v) is 8.05. The standard InChI is InChI=1S/C13H18IN3O6/c1-7-9(18)5-10(23-7)17-6-8(14)11(15-12(17)19)16-13(20)22-4-3-21-2/h6-7,9-10,18H,3-5H2,1-2H3,(H,15,16,19,20). The predicted octanol–water partition coefficient (Wildman–Crippen LogP) is 0.711. The molecule has 128 valence electrons. The zero-order chi connectivity index (χ0) is 17.0. The number of nitrogens with zero attached hydrogens (tertiary/aromatic N) is 2. The average Bonchev–Trinajstić information content (AvgIpc) is 2.82. The molecule has 1 aromatic rings. The zero-order valence-electron chi connectivity index (χ0n) is 12.7. The largest absolute Gasteiger partial charge is 0.447 e. The first-order valence-electron chi connectivity index (χ1n) is 6.97. The lowest BCUT2D eigenvalue weighted by Gasteiger charge is -2.15. The van der Waals surface area contributed by atoms with Crippen LogP contribution in [-0.4, -0.2) is 53.3 Å². The third-order valence-electron chi connectivity index (χ3n) is 3.32. The Hall–Kier alpha value is -1.24. The Bertz CT molecular complexity index is 612. The lowest BCUT2D eigenvalue weighted by molar-refractivity contribution is -0.0101. The first kappa shape index (κ1) is 18.1. The smallest absolute Gasteiger partial charge is 0.412 e. The average molecular weight is 439 g/mol. The summed E-state index contributed by atoms with van der Waals surface area (Å²) in [4.78, 5) is 27.5. The van der Waals surface area contributed by atoms with E-state index in [4.69, 9.17) is 14.2 Å². The van der Waals surface area contributed by atoms with Crippen LogP contribution < -0.4 is 11.0 Å². The van der Waals surface area contributed by atoms with E-state index in [2.05, 4.69) is 10.3 Å². The van der Waals surface area contributed by atoms with Gasteiger partial charge in [-0.25, -0.2) is 9.59 Å². The molecule has 0 aromatic carbocycles. The van der Waals surface area contributed by atoms with Crippen LogP contribution in [0.2, 0.25) is 0 Å². The maximum Gasteiger partial charge on any atom is 0.412 e. The summed E-state index contributed by atoms with van der Waals surface area (Å²) in [5, 5.41) is 12.1. The summed E-state index contributed by atoms with van der Waals surface area (Å²) in [6.07, 6.45) is -0.431. The predicted molar refractivity (Wildman–Crippen MR) is 88.3 cm³/mol. The Kier molecular flexibility index (Phi) is 6.33. The van der Waals surface area contributed by atoms with Crippen molar-refractivity contribution in [1.82, 2.24) is 9.55 Å². The number of hydrogen-bond donors (Lipinski definition) is 2.